The Balaban J connectivity index is 1.64. The first kappa shape index (κ1) is 24.1. The van der Waals surface area contributed by atoms with E-state index in [1.807, 2.05) is 36.4 Å². The maximum absolute atomic E-state index is 13.4. The van der Waals surface area contributed by atoms with Crippen molar-refractivity contribution < 1.29 is 28.3 Å². The number of amides is 3. The van der Waals surface area contributed by atoms with E-state index in [2.05, 4.69) is 10.6 Å². The van der Waals surface area contributed by atoms with Gasteiger partial charge in [-0.25, -0.2) is 8.78 Å². The van der Waals surface area contributed by atoms with Crippen LogP contribution in [0.25, 0.3) is 0 Å². The number of hydrogen-bond acceptors (Lipinski definition) is 4. The van der Waals surface area contributed by atoms with Crippen LogP contribution < -0.4 is 10.6 Å². The lowest BCUT2D eigenvalue weighted by molar-refractivity contribution is -0.136. The SMILES string of the molecule is C[C@H](NC(=O)[C@@H](O)c1cc(F)cc(F)c1)C(=O)N[C@H]1C=C[C@@H](c2ccccc2)CN(C)C1=O. The van der Waals surface area contributed by atoms with Gasteiger partial charge in [-0.3, -0.25) is 14.4 Å². The van der Waals surface area contributed by atoms with Gasteiger partial charge in [0.1, 0.15) is 23.7 Å². The zero-order valence-corrected chi connectivity index (χ0v) is 18.2. The van der Waals surface area contributed by atoms with Crippen molar-refractivity contribution in [1.82, 2.24) is 15.5 Å². The summed E-state index contributed by atoms with van der Waals surface area (Å²) >= 11 is 0. The van der Waals surface area contributed by atoms with E-state index in [-0.39, 0.29) is 17.4 Å². The summed E-state index contributed by atoms with van der Waals surface area (Å²) in [5.74, 6) is -3.91. The normalized spacial score (nSPS) is 20.0. The summed E-state index contributed by atoms with van der Waals surface area (Å²) in [6, 6.07) is 9.85. The predicted octanol–water partition coefficient (Wildman–Crippen LogP) is 1.80. The Morgan fingerprint density at radius 3 is 2.33 bits per heavy atom. The fraction of sp³-hybridized carbons (Fsp3) is 0.292. The van der Waals surface area contributed by atoms with Crippen LogP contribution in [0.2, 0.25) is 0 Å². The maximum Gasteiger partial charge on any atom is 0.254 e. The van der Waals surface area contributed by atoms with Crippen molar-refractivity contribution in [1.29, 1.82) is 0 Å². The molecule has 1 aliphatic heterocycles. The van der Waals surface area contributed by atoms with Gasteiger partial charge in [0.25, 0.3) is 5.91 Å². The average Bonchev–Trinajstić information content (AvgIpc) is 2.92. The molecule has 4 atom stereocenters. The highest BCUT2D eigenvalue weighted by Crippen LogP contribution is 2.21. The molecule has 0 saturated carbocycles. The Hall–Kier alpha value is -3.59. The van der Waals surface area contributed by atoms with Crippen molar-refractivity contribution >= 4 is 17.7 Å². The van der Waals surface area contributed by atoms with E-state index in [1.54, 1.807) is 13.1 Å². The minimum absolute atomic E-state index is 0.0408. The third kappa shape index (κ3) is 6.01. The Labute approximate surface area is 190 Å². The van der Waals surface area contributed by atoms with E-state index in [4.69, 9.17) is 0 Å². The minimum Gasteiger partial charge on any atom is -0.378 e. The number of halogens is 2. The second-order valence-corrected chi connectivity index (χ2v) is 7.94. The lowest BCUT2D eigenvalue weighted by atomic mass is 9.98. The molecule has 174 valence electrons. The summed E-state index contributed by atoms with van der Waals surface area (Å²) in [6.07, 6.45) is 1.59. The van der Waals surface area contributed by atoms with E-state index < -0.39 is 41.6 Å². The first-order chi connectivity index (χ1) is 15.7. The number of aliphatic hydroxyl groups is 1. The van der Waals surface area contributed by atoms with Gasteiger partial charge in [-0.15, -0.1) is 0 Å². The molecule has 0 aromatic heterocycles. The Kier molecular flexibility index (Phi) is 7.55. The Bertz CT molecular complexity index is 1040. The first-order valence-corrected chi connectivity index (χ1v) is 10.4. The molecule has 0 unspecified atom stereocenters. The molecule has 33 heavy (non-hydrogen) atoms. The van der Waals surface area contributed by atoms with Gasteiger partial charge < -0.3 is 20.6 Å². The molecule has 0 radical (unpaired) electrons. The molecule has 1 heterocycles. The highest BCUT2D eigenvalue weighted by Gasteiger charge is 2.29. The van der Waals surface area contributed by atoms with Crippen molar-refractivity contribution in [2.24, 2.45) is 0 Å². The molecule has 3 rings (SSSR count). The van der Waals surface area contributed by atoms with Crippen molar-refractivity contribution in [3.05, 3.63) is 83.4 Å². The number of benzene rings is 2. The third-order valence-corrected chi connectivity index (χ3v) is 5.38. The minimum atomic E-state index is -1.87. The summed E-state index contributed by atoms with van der Waals surface area (Å²) in [7, 11) is 1.64. The summed E-state index contributed by atoms with van der Waals surface area (Å²) in [5, 5.41) is 15.0. The van der Waals surface area contributed by atoms with Gasteiger partial charge in [0.2, 0.25) is 11.8 Å². The lowest BCUT2D eigenvalue weighted by Gasteiger charge is -2.24. The maximum atomic E-state index is 13.4. The molecule has 9 heteroatoms. The van der Waals surface area contributed by atoms with Gasteiger partial charge in [-0.2, -0.15) is 0 Å². The molecule has 7 nitrogen and oxygen atoms in total. The molecule has 3 amide bonds. The van der Waals surface area contributed by atoms with Crippen LogP contribution in [0.4, 0.5) is 8.78 Å². The molecular weight excluding hydrogens is 432 g/mol. The molecule has 0 aliphatic carbocycles. The first-order valence-electron chi connectivity index (χ1n) is 10.4. The number of likely N-dealkylation sites (N-methyl/N-ethyl adjacent to an activating group) is 1. The highest BCUT2D eigenvalue weighted by atomic mass is 19.1. The van der Waals surface area contributed by atoms with Crippen LogP contribution in [-0.2, 0) is 14.4 Å². The van der Waals surface area contributed by atoms with Crippen molar-refractivity contribution in [2.75, 3.05) is 13.6 Å². The van der Waals surface area contributed by atoms with Gasteiger partial charge in [0.15, 0.2) is 6.10 Å². The van der Waals surface area contributed by atoms with Crippen LogP contribution >= 0.6 is 0 Å². The largest absolute Gasteiger partial charge is 0.378 e. The second-order valence-electron chi connectivity index (χ2n) is 7.94. The number of nitrogens with one attached hydrogen (secondary N) is 2. The lowest BCUT2D eigenvalue weighted by Crippen LogP contribution is -2.52. The van der Waals surface area contributed by atoms with E-state index in [0.717, 1.165) is 17.7 Å². The highest BCUT2D eigenvalue weighted by molar-refractivity contribution is 5.93. The fourth-order valence-electron chi connectivity index (χ4n) is 3.56. The molecule has 3 N–H and O–H groups in total. The van der Waals surface area contributed by atoms with E-state index in [9.17, 15) is 28.3 Å². The number of rotatable bonds is 6. The van der Waals surface area contributed by atoms with Crippen molar-refractivity contribution in [3.8, 4) is 0 Å². The monoisotopic (exact) mass is 457 g/mol. The second kappa shape index (κ2) is 10.4. The number of aliphatic hydroxyl groups excluding tert-OH is 1. The smallest absolute Gasteiger partial charge is 0.254 e. The van der Waals surface area contributed by atoms with E-state index >= 15 is 0 Å². The Morgan fingerprint density at radius 1 is 1.06 bits per heavy atom. The number of carbonyl (C=O) groups is 3. The summed E-state index contributed by atoms with van der Waals surface area (Å²) in [4.78, 5) is 39.1. The zero-order chi connectivity index (χ0) is 24.1. The Morgan fingerprint density at radius 2 is 1.70 bits per heavy atom. The van der Waals surface area contributed by atoms with Crippen molar-refractivity contribution in [2.45, 2.75) is 31.0 Å². The average molecular weight is 457 g/mol. The molecule has 0 saturated heterocycles. The van der Waals surface area contributed by atoms with Gasteiger partial charge in [0, 0.05) is 25.6 Å². The number of carbonyl (C=O) groups excluding carboxylic acids is 3. The fourth-order valence-corrected chi connectivity index (χ4v) is 3.56. The van der Waals surface area contributed by atoms with Crippen LogP contribution in [0, 0.1) is 11.6 Å². The zero-order valence-electron chi connectivity index (χ0n) is 18.2. The molecule has 0 bridgehead atoms. The molecule has 2 aromatic rings. The summed E-state index contributed by atoms with van der Waals surface area (Å²) in [5.41, 5.74) is 0.747. The summed E-state index contributed by atoms with van der Waals surface area (Å²) < 4.78 is 26.7. The molecule has 2 aromatic carbocycles. The topological polar surface area (TPSA) is 98.7 Å². The van der Waals surface area contributed by atoms with E-state index in [0.29, 0.717) is 12.6 Å². The van der Waals surface area contributed by atoms with Crippen molar-refractivity contribution in [3.63, 3.8) is 0 Å². The standard InChI is InChI=1S/C24H25F2N3O4/c1-14(27-23(32)21(30)17-10-18(25)12-19(26)11-17)22(31)28-20-9-8-16(13-29(2)24(20)33)15-6-4-3-5-7-15/h3-12,14,16,20-21,30H,13H2,1-2H3,(H,27,32)(H,28,31)/t14-,16+,20-,21-/m0/s1. The van der Waals surface area contributed by atoms with Gasteiger partial charge >= 0.3 is 0 Å². The van der Waals surface area contributed by atoms with Crippen LogP contribution in [0.5, 0.6) is 0 Å². The van der Waals surface area contributed by atoms with E-state index in [1.165, 1.54) is 11.8 Å². The summed E-state index contributed by atoms with van der Waals surface area (Å²) in [6.45, 7) is 1.81. The van der Waals surface area contributed by atoms with Crippen LogP contribution in [0.15, 0.2) is 60.7 Å². The van der Waals surface area contributed by atoms with Crippen LogP contribution in [0.1, 0.15) is 30.1 Å². The number of hydrogen-bond donors (Lipinski definition) is 3. The van der Waals surface area contributed by atoms with Gasteiger partial charge in [-0.05, 0) is 30.2 Å². The quantitative estimate of drug-likeness (QED) is 0.576. The predicted molar refractivity (Wildman–Crippen MR) is 117 cm³/mol. The van der Waals surface area contributed by atoms with Crippen LogP contribution in [-0.4, -0.2) is 53.4 Å². The number of nitrogens with zero attached hydrogens (tertiary/aromatic N) is 1. The van der Waals surface area contributed by atoms with Crippen LogP contribution in [0.3, 0.4) is 0 Å². The molecule has 0 spiro atoms. The molecular formula is C24H25F2N3O4. The van der Waals surface area contributed by atoms with Gasteiger partial charge in [0.05, 0.1) is 0 Å². The molecule has 1 aliphatic rings. The molecule has 0 fully saturated rings. The van der Waals surface area contributed by atoms with Gasteiger partial charge in [-0.1, -0.05) is 42.5 Å². The third-order valence-electron chi connectivity index (χ3n) is 5.38.